The second kappa shape index (κ2) is 8.54. The van der Waals surface area contributed by atoms with E-state index in [0.717, 1.165) is 35.4 Å². The van der Waals surface area contributed by atoms with Crippen molar-refractivity contribution in [1.29, 1.82) is 0 Å². The molecule has 1 aromatic heterocycles. The van der Waals surface area contributed by atoms with Gasteiger partial charge in [-0.05, 0) is 54.8 Å². The van der Waals surface area contributed by atoms with E-state index in [1.807, 2.05) is 12.4 Å². The maximum absolute atomic E-state index is 13.9. The third kappa shape index (κ3) is 3.88. The van der Waals surface area contributed by atoms with Gasteiger partial charge in [-0.15, -0.1) is 0 Å². The van der Waals surface area contributed by atoms with E-state index in [2.05, 4.69) is 14.9 Å². The molecule has 2 aromatic carbocycles. The number of halogens is 2. The Kier molecular flexibility index (Phi) is 5.43. The summed E-state index contributed by atoms with van der Waals surface area (Å²) < 4.78 is 29.6. The van der Waals surface area contributed by atoms with Crippen LogP contribution in [0.15, 0.2) is 72.6 Å². The number of carbonyl (C=O) groups excluding carboxylic acids is 1. The highest BCUT2D eigenvalue weighted by molar-refractivity contribution is 6.07. The molecule has 32 heavy (non-hydrogen) atoms. The van der Waals surface area contributed by atoms with Crippen molar-refractivity contribution in [3.8, 4) is 11.3 Å². The fraction of sp³-hybridized carbons (Fsp3) is 0.231. The first-order valence-corrected chi connectivity index (χ1v) is 10.9. The first kappa shape index (κ1) is 20.4. The van der Waals surface area contributed by atoms with Gasteiger partial charge in [-0.25, -0.2) is 13.8 Å². The van der Waals surface area contributed by atoms with Gasteiger partial charge in [-0.1, -0.05) is 37.1 Å². The van der Waals surface area contributed by atoms with E-state index in [0.29, 0.717) is 18.0 Å². The number of nitrogens with zero attached hydrogens (tertiary/aromatic N) is 2. The van der Waals surface area contributed by atoms with Crippen molar-refractivity contribution in [2.45, 2.75) is 38.1 Å². The Hall–Kier alpha value is -3.54. The fourth-order valence-electron chi connectivity index (χ4n) is 4.57. The van der Waals surface area contributed by atoms with Gasteiger partial charge in [0.05, 0.1) is 23.4 Å². The van der Waals surface area contributed by atoms with Crippen molar-refractivity contribution in [2.75, 3.05) is 5.32 Å². The third-order valence-corrected chi connectivity index (χ3v) is 6.21. The summed E-state index contributed by atoms with van der Waals surface area (Å²) in [5, 5.41) is 2.66. The molecule has 0 unspecified atom stereocenters. The third-order valence-electron chi connectivity index (χ3n) is 6.21. The number of allylic oxidation sites excluding steroid dienone is 3. The van der Waals surface area contributed by atoms with Crippen molar-refractivity contribution in [1.82, 2.24) is 9.55 Å². The van der Waals surface area contributed by atoms with Crippen molar-refractivity contribution in [3.63, 3.8) is 0 Å². The predicted molar refractivity (Wildman–Crippen MR) is 121 cm³/mol. The lowest BCUT2D eigenvalue weighted by atomic mass is 10.0. The van der Waals surface area contributed by atoms with Crippen LogP contribution in [0.1, 0.15) is 43.8 Å². The van der Waals surface area contributed by atoms with Gasteiger partial charge in [-0.3, -0.25) is 4.79 Å². The minimum absolute atomic E-state index is 0.162. The molecule has 1 heterocycles. The molecule has 5 rings (SSSR count). The normalized spacial score (nSPS) is 16.2. The Morgan fingerprint density at radius 2 is 1.75 bits per heavy atom. The minimum atomic E-state index is -0.467. The van der Waals surface area contributed by atoms with E-state index in [1.165, 1.54) is 31.0 Å². The molecule has 0 saturated heterocycles. The Bertz CT molecular complexity index is 1220. The van der Waals surface area contributed by atoms with Crippen molar-refractivity contribution in [2.24, 2.45) is 0 Å². The maximum Gasteiger partial charge on any atom is 0.252 e. The van der Waals surface area contributed by atoms with Crippen LogP contribution >= 0.6 is 0 Å². The number of para-hydroxylation sites is 1. The number of imidazole rings is 1. The molecule has 162 valence electrons. The number of aromatic nitrogens is 2. The van der Waals surface area contributed by atoms with E-state index >= 15 is 0 Å². The Labute approximate surface area is 185 Å². The van der Waals surface area contributed by atoms with Crippen molar-refractivity contribution < 1.29 is 13.6 Å². The van der Waals surface area contributed by atoms with Crippen molar-refractivity contribution >= 4 is 17.2 Å². The predicted octanol–water partition coefficient (Wildman–Crippen LogP) is 6.30. The van der Waals surface area contributed by atoms with Crippen LogP contribution in [0.4, 0.5) is 14.5 Å². The van der Waals surface area contributed by atoms with Crippen LogP contribution in [0.3, 0.4) is 0 Å². The summed E-state index contributed by atoms with van der Waals surface area (Å²) in [7, 11) is 0. The highest BCUT2D eigenvalue weighted by Gasteiger charge is 2.27. The molecule has 3 aromatic rings. The number of hydrogen-bond donors (Lipinski definition) is 1. The van der Waals surface area contributed by atoms with Crippen LogP contribution in [0.25, 0.3) is 16.8 Å². The molecular formula is C26H23F2N3O. The zero-order valence-electron chi connectivity index (χ0n) is 17.5. The number of nitrogens with one attached hydrogen (secondary N) is 1. The smallest absolute Gasteiger partial charge is 0.252 e. The van der Waals surface area contributed by atoms with E-state index in [9.17, 15) is 13.6 Å². The molecule has 6 heteroatoms. The summed E-state index contributed by atoms with van der Waals surface area (Å²) in [6.07, 6.45) is 10.6. The van der Waals surface area contributed by atoms with Gasteiger partial charge in [0, 0.05) is 23.6 Å². The molecule has 2 aliphatic rings. The molecule has 0 atom stereocenters. The van der Waals surface area contributed by atoms with Gasteiger partial charge in [0.2, 0.25) is 0 Å². The Morgan fingerprint density at radius 1 is 1.00 bits per heavy atom. The summed E-state index contributed by atoms with van der Waals surface area (Å²) >= 11 is 0. The lowest BCUT2D eigenvalue weighted by Gasteiger charge is -2.18. The quantitative estimate of drug-likeness (QED) is 0.516. The molecule has 0 bridgehead atoms. The minimum Gasteiger partial charge on any atom is -0.327 e. The summed E-state index contributed by atoms with van der Waals surface area (Å²) in [6, 6.07) is 12.8. The second-order valence-corrected chi connectivity index (χ2v) is 8.29. The van der Waals surface area contributed by atoms with Crippen LogP contribution in [-0.4, -0.2) is 15.5 Å². The molecule has 1 N–H and O–H groups in total. The first-order chi connectivity index (χ1) is 15.6. The molecule has 1 saturated carbocycles. The number of carbonyl (C=O) groups is 1. The van der Waals surface area contributed by atoms with Gasteiger partial charge >= 0.3 is 0 Å². The molecule has 0 radical (unpaired) electrons. The summed E-state index contributed by atoms with van der Waals surface area (Å²) in [5.74, 6) is -1.08. The molecule has 2 aliphatic carbocycles. The van der Waals surface area contributed by atoms with Crippen LogP contribution < -0.4 is 5.32 Å². The largest absolute Gasteiger partial charge is 0.327 e. The average Bonchev–Trinajstić information content (AvgIpc) is 3.55. The lowest BCUT2D eigenvalue weighted by Crippen LogP contribution is -2.15. The zero-order valence-corrected chi connectivity index (χ0v) is 17.5. The standard InChI is InChI=1S/C26H23F2N3O/c27-20-13-11-17(12-14-20)24-25(31(16-29-24)21-5-1-2-6-21)18-9-10-19(15-18)26(32)30-23-8-4-3-7-22(23)28/h3-4,7-14,16,21H,1-2,5-6,15H2,(H,30,32). The molecule has 1 fully saturated rings. The second-order valence-electron chi connectivity index (χ2n) is 8.29. The van der Waals surface area contributed by atoms with Crippen LogP contribution in [0.5, 0.6) is 0 Å². The van der Waals surface area contributed by atoms with Gasteiger partial charge in [0.15, 0.2) is 0 Å². The monoisotopic (exact) mass is 431 g/mol. The number of hydrogen-bond acceptors (Lipinski definition) is 2. The molecule has 0 aliphatic heterocycles. The summed E-state index contributed by atoms with van der Waals surface area (Å²) in [6.45, 7) is 0. The van der Waals surface area contributed by atoms with E-state index in [1.54, 1.807) is 36.4 Å². The van der Waals surface area contributed by atoms with E-state index < -0.39 is 5.82 Å². The van der Waals surface area contributed by atoms with Gasteiger partial charge in [0.25, 0.3) is 5.91 Å². The maximum atomic E-state index is 13.9. The molecule has 0 spiro atoms. The van der Waals surface area contributed by atoms with Crippen molar-refractivity contribution in [3.05, 3.63) is 89.9 Å². The number of benzene rings is 2. The number of amides is 1. The SMILES string of the molecule is O=C(Nc1ccccc1F)C1=CC=C(c2c(-c3ccc(F)cc3)ncn2C2CCCC2)C1. The van der Waals surface area contributed by atoms with Crippen LogP contribution in [0, 0.1) is 11.6 Å². The van der Waals surface area contributed by atoms with E-state index in [-0.39, 0.29) is 17.4 Å². The van der Waals surface area contributed by atoms with E-state index in [4.69, 9.17) is 0 Å². The highest BCUT2D eigenvalue weighted by Crippen LogP contribution is 2.39. The average molecular weight is 431 g/mol. The van der Waals surface area contributed by atoms with Gasteiger partial charge in [0.1, 0.15) is 11.6 Å². The van der Waals surface area contributed by atoms with Gasteiger partial charge < -0.3 is 9.88 Å². The van der Waals surface area contributed by atoms with Crippen LogP contribution in [0.2, 0.25) is 0 Å². The molecule has 4 nitrogen and oxygen atoms in total. The fourth-order valence-corrected chi connectivity index (χ4v) is 4.57. The summed E-state index contributed by atoms with van der Waals surface area (Å²) in [4.78, 5) is 17.5. The number of anilines is 1. The molecule has 1 amide bonds. The Morgan fingerprint density at radius 3 is 2.50 bits per heavy atom. The first-order valence-electron chi connectivity index (χ1n) is 10.9. The van der Waals surface area contributed by atoms with Gasteiger partial charge in [-0.2, -0.15) is 0 Å². The van der Waals surface area contributed by atoms with Crippen LogP contribution in [-0.2, 0) is 4.79 Å². The summed E-state index contributed by atoms with van der Waals surface area (Å²) in [5.41, 5.74) is 4.29. The zero-order chi connectivity index (χ0) is 22.1. The molecular weight excluding hydrogens is 408 g/mol. The lowest BCUT2D eigenvalue weighted by molar-refractivity contribution is -0.112. The topological polar surface area (TPSA) is 46.9 Å². The highest BCUT2D eigenvalue weighted by atomic mass is 19.1. The Balaban J connectivity index is 1.43. The number of rotatable bonds is 5.